The molecule has 1 aromatic carbocycles. The minimum atomic E-state index is -2.82. The van der Waals surface area contributed by atoms with Gasteiger partial charge in [0.25, 0.3) is 0 Å². The third kappa shape index (κ3) is 4.55. The van der Waals surface area contributed by atoms with Crippen molar-refractivity contribution in [2.75, 3.05) is 11.9 Å². The first-order valence-electron chi connectivity index (χ1n) is 8.45. The van der Waals surface area contributed by atoms with Crippen LogP contribution in [0.15, 0.2) is 48.7 Å². The molecular formula is C20H20F2N4O. The number of aromatic nitrogens is 3. The number of ether oxygens (including phenoxy) is 1. The van der Waals surface area contributed by atoms with Crippen molar-refractivity contribution in [1.82, 2.24) is 15.0 Å². The Morgan fingerprint density at radius 1 is 1.04 bits per heavy atom. The first-order chi connectivity index (χ1) is 12.9. The second kappa shape index (κ2) is 8.07. The molecule has 27 heavy (non-hydrogen) atoms. The third-order valence-corrected chi connectivity index (χ3v) is 4.19. The topological polar surface area (TPSA) is 51.1 Å². The van der Waals surface area contributed by atoms with Gasteiger partial charge in [-0.2, -0.15) is 8.78 Å². The van der Waals surface area contributed by atoms with Crippen LogP contribution in [0.25, 0.3) is 11.5 Å². The van der Waals surface area contributed by atoms with Gasteiger partial charge in [-0.05, 0) is 43.7 Å². The fourth-order valence-corrected chi connectivity index (χ4v) is 2.72. The van der Waals surface area contributed by atoms with Crippen LogP contribution in [0.4, 0.5) is 14.6 Å². The summed E-state index contributed by atoms with van der Waals surface area (Å²) in [5.41, 5.74) is 3.53. The minimum Gasteiger partial charge on any atom is -0.435 e. The van der Waals surface area contributed by atoms with Gasteiger partial charge in [-0.15, -0.1) is 0 Å². The van der Waals surface area contributed by atoms with Crippen molar-refractivity contribution in [1.29, 1.82) is 0 Å². The zero-order chi connectivity index (χ0) is 19.4. The zero-order valence-electron chi connectivity index (χ0n) is 15.4. The number of hydrogen-bond donors (Lipinski definition) is 0. The van der Waals surface area contributed by atoms with Gasteiger partial charge in [0.1, 0.15) is 17.3 Å². The Balaban J connectivity index is 1.83. The molecule has 0 saturated carbocycles. The lowest BCUT2D eigenvalue weighted by Gasteiger charge is -2.22. The van der Waals surface area contributed by atoms with E-state index in [1.807, 2.05) is 44.0 Å². The summed E-state index contributed by atoms with van der Waals surface area (Å²) in [6.45, 7) is 1.66. The molecular weight excluding hydrogens is 350 g/mol. The van der Waals surface area contributed by atoms with Gasteiger partial charge >= 0.3 is 6.61 Å². The van der Waals surface area contributed by atoms with Crippen LogP contribution in [0.2, 0.25) is 0 Å². The van der Waals surface area contributed by atoms with Crippen LogP contribution in [0.3, 0.4) is 0 Å². The van der Waals surface area contributed by atoms with Gasteiger partial charge in [-0.1, -0.05) is 18.2 Å². The van der Waals surface area contributed by atoms with E-state index in [1.54, 1.807) is 18.3 Å². The van der Waals surface area contributed by atoms with Crippen molar-refractivity contribution in [2.45, 2.75) is 27.0 Å². The number of aryl methyl sites for hydroxylation is 1. The summed E-state index contributed by atoms with van der Waals surface area (Å²) in [5, 5.41) is 0. The average molecular weight is 370 g/mol. The maximum absolute atomic E-state index is 12.3. The summed E-state index contributed by atoms with van der Waals surface area (Å²) in [6.07, 6.45) is 1.71. The molecule has 0 bridgehead atoms. The van der Waals surface area contributed by atoms with Crippen molar-refractivity contribution >= 4 is 5.82 Å². The first-order valence-corrected chi connectivity index (χ1v) is 8.45. The standard InChI is InChI=1S/C20H20F2N4O/c1-13-14(2)24-18(17-6-4-5-11-23-17)25-19(13)26(3)12-15-7-9-16(10-8-15)27-20(21)22/h4-11,20H,12H2,1-3H3. The molecule has 3 aromatic rings. The van der Waals surface area contributed by atoms with Crippen LogP contribution in [0.1, 0.15) is 16.8 Å². The molecule has 0 N–H and O–H groups in total. The van der Waals surface area contributed by atoms with E-state index >= 15 is 0 Å². The zero-order valence-corrected chi connectivity index (χ0v) is 15.4. The van der Waals surface area contributed by atoms with Crippen LogP contribution in [-0.2, 0) is 6.54 Å². The highest BCUT2D eigenvalue weighted by Gasteiger charge is 2.14. The highest BCUT2D eigenvalue weighted by atomic mass is 19.3. The second-order valence-corrected chi connectivity index (χ2v) is 6.17. The van der Waals surface area contributed by atoms with E-state index < -0.39 is 6.61 Å². The number of halogens is 2. The Kier molecular flexibility index (Phi) is 5.59. The maximum atomic E-state index is 12.3. The molecule has 0 radical (unpaired) electrons. The van der Waals surface area contributed by atoms with Crippen LogP contribution < -0.4 is 9.64 Å². The van der Waals surface area contributed by atoms with Gasteiger partial charge in [-0.3, -0.25) is 4.98 Å². The molecule has 7 heteroatoms. The minimum absolute atomic E-state index is 0.142. The Hall–Kier alpha value is -3.09. The summed E-state index contributed by atoms with van der Waals surface area (Å²) in [5.74, 6) is 1.51. The van der Waals surface area contributed by atoms with Crippen molar-refractivity contribution in [2.24, 2.45) is 0 Å². The molecule has 2 heterocycles. The largest absolute Gasteiger partial charge is 0.435 e. The number of pyridine rings is 1. The molecule has 0 aliphatic carbocycles. The average Bonchev–Trinajstić information content (AvgIpc) is 2.65. The molecule has 5 nitrogen and oxygen atoms in total. The highest BCUT2D eigenvalue weighted by Crippen LogP contribution is 2.24. The molecule has 0 fully saturated rings. The smallest absolute Gasteiger partial charge is 0.387 e. The lowest BCUT2D eigenvalue weighted by molar-refractivity contribution is -0.0498. The molecule has 0 aliphatic rings. The van der Waals surface area contributed by atoms with E-state index in [2.05, 4.69) is 19.7 Å². The predicted octanol–water partition coefficient (Wildman–Crippen LogP) is 4.39. The molecule has 140 valence electrons. The lowest BCUT2D eigenvalue weighted by Crippen LogP contribution is -2.20. The van der Waals surface area contributed by atoms with E-state index in [1.165, 1.54) is 12.1 Å². The number of rotatable bonds is 6. The highest BCUT2D eigenvalue weighted by molar-refractivity contribution is 5.57. The molecule has 0 unspecified atom stereocenters. The van der Waals surface area contributed by atoms with E-state index in [0.29, 0.717) is 18.1 Å². The number of alkyl halides is 2. The van der Waals surface area contributed by atoms with E-state index in [9.17, 15) is 8.78 Å². The molecule has 0 saturated heterocycles. The van der Waals surface area contributed by atoms with Crippen LogP contribution >= 0.6 is 0 Å². The van der Waals surface area contributed by atoms with Crippen molar-refractivity contribution < 1.29 is 13.5 Å². The summed E-state index contributed by atoms with van der Waals surface area (Å²) in [4.78, 5) is 15.5. The fourth-order valence-electron chi connectivity index (χ4n) is 2.72. The Bertz CT molecular complexity index is 902. The van der Waals surface area contributed by atoms with Gasteiger partial charge in [-0.25, -0.2) is 9.97 Å². The van der Waals surface area contributed by atoms with Gasteiger partial charge in [0.05, 0.1) is 0 Å². The fraction of sp³-hybridized carbons (Fsp3) is 0.250. The number of anilines is 1. The summed E-state index contributed by atoms with van der Waals surface area (Å²) in [6, 6.07) is 12.2. The van der Waals surface area contributed by atoms with E-state index in [-0.39, 0.29) is 5.75 Å². The van der Waals surface area contributed by atoms with Crippen molar-refractivity contribution in [3.8, 4) is 17.3 Å². The predicted molar refractivity (Wildman–Crippen MR) is 99.9 cm³/mol. The Labute approximate surface area is 156 Å². The van der Waals surface area contributed by atoms with Crippen molar-refractivity contribution in [3.05, 3.63) is 65.5 Å². The van der Waals surface area contributed by atoms with E-state index in [0.717, 1.165) is 22.6 Å². The summed E-state index contributed by atoms with van der Waals surface area (Å²) in [7, 11) is 1.93. The lowest BCUT2D eigenvalue weighted by atomic mass is 10.2. The normalized spacial score (nSPS) is 10.9. The first kappa shape index (κ1) is 18.7. The molecule has 3 rings (SSSR count). The SMILES string of the molecule is Cc1nc(-c2ccccn2)nc(N(C)Cc2ccc(OC(F)F)cc2)c1C. The molecule has 0 spiro atoms. The van der Waals surface area contributed by atoms with Crippen LogP contribution in [0, 0.1) is 13.8 Å². The Morgan fingerprint density at radius 2 is 1.78 bits per heavy atom. The third-order valence-electron chi connectivity index (χ3n) is 4.19. The molecule has 0 amide bonds. The van der Waals surface area contributed by atoms with Gasteiger partial charge in [0, 0.05) is 31.0 Å². The van der Waals surface area contributed by atoms with Crippen molar-refractivity contribution in [3.63, 3.8) is 0 Å². The number of nitrogens with zero attached hydrogens (tertiary/aromatic N) is 4. The molecule has 2 aromatic heterocycles. The van der Waals surface area contributed by atoms with Crippen LogP contribution in [0.5, 0.6) is 5.75 Å². The monoisotopic (exact) mass is 370 g/mol. The molecule has 0 aliphatic heterocycles. The number of benzene rings is 1. The van der Waals surface area contributed by atoms with Gasteiger partial charge in [0.15, 0.2) is 5.82 Å². The Morgan fingerprint density at radius 3 is 2.41 bits per heavy atom. The van der Waals surface area contributed by atoms with Gasteiger partial charge in [0.2, 0.25) is 0 Å². The quantitative estimate of drug-likeness (QED) is 0.644. The maximum Gasteiger partial charge on any atom is 0.387 e. The molecule has 0 atom stereocenters. The van der Waals surface area contributed by atoms with Crippen LogP contribution in [-0.4, -0.2) is 28.6 Å². The number of hydrogen-bond acceptors (Lipinski definition) is 5. The van der Waals surface area contributed by atoms with E-state index in [4.69, 9.17) is 0 Å². The summed E-state index contributed by atoms with van der Waals surface area (Å²) >= 11 is 0. The summed E-state index contributed by atoms with van der Waals surface area (Å²) < 4.78 is 28.9. The second-order valence-electron chi connectivity index (χ2n) is 6.17. The van der Waals surface area contributed by atoms with Gasteiger partial charge < -0.3 is 9.64 Å².